The topological polar surface area (TPSA) is 45.2 Å². The van der Waals surface area contributed by atoms with Crippen molar-refractivity contribution in [3.63, 3.8) is 0 Å². The smallest absolute Gasteiger partial charge is 0.257 e. The summed E-state index contributed by atoms with van der Waals surface area (Å²) in [5.74, 6) is 0.667. The first-order valence-electron chi connectivity index (χ1n) is 8.15. The normalized spacial score (nSPS) is 18.8. The average molecular weight is 329 g/mol. The number of likely N-dealkylation sites (tertiary alicyclic amines) is 1. The second-order valence-corrected chi connectivity index (χ2v) is 7.30. The number of hydrogen-bond donors (Lipinski definition) is 1. The first-order chi connectivity index (χ1) is 11.1. The SMILES string of the molecule is Cc1ccc(C(=O)Nc2nc(CN3CCC[C@@H](C)C3)cs2)cc1. The molecule has 0 radical (unpaired) electrons. The van der Waals surface area contributed by atoms with E-state index in [1.165, 1.54) is 24.2 Å². The summed E-state index contributed by atoms with van der Waals surface area (Å²) in [6.07, 6.45) is 2.59. The van der Waals surface area contributed by atoms with Gasteiger partial charge in [0.15, 0.2) is 5.13 Å². The van der Waals surface area contributed by atoms with Crippen LogP contribution in [0.4, 0.5) is 5.13 Å². The molecular weight excluding hydrogens is 306 g/mol. The van der Waals surface area contributed by atoms with Crippen LogP contribution < -0.4 is 5.32 Å². The van der Waals surface area contributed by atoms with Gasteiger partial charge in [-0.3, -0.25) is 15.0 Å². The third kappa shape index (κ3) is 4.39. The highest BCUT2D eigenvalue weighted by Crippen LogP contribution is 2.21. The minimum atomic E-state index is -0.0995. The van der Waals surface area contributed by atoms with Crippen molar-refractivity contribution in [3.8, 4) is 0 Å². The van der Waals surface area contributed by atoms with E-state index in [1.807, 2.05) is 36.6 Å². The van der Waals surface area contributed by atoms with E-state index >= 15 is 0 Å². The number of amides is 1. The van der Waals surface area contributed by atoms with Crippen molar-refractivity contribution in [3.05, 3.63) is 46.5 Å². The van der Waals surface area contributed by atoms with Crippen molar-refractivity contribution in [2.24, 2.45) is 5.92 Å². The molecule has 1 aromatic heterocycles. The quantitative estimate of drug-likeness (QED) is 0.924. The van der Waals surface area contributed by atoms with Crippen LogP contribution in [0.5, 0.6) is 0 Å². The molecule has 4 nitrogen and oxygen atoms in total. The zero-order valence-electron chi connectivity index (χ0n) is 13.7. The number of anilines is 1. The van der Waals surface area contributed by atoms with Crippen molar-refractivity contribution in [2.45, 2.75) is 33.2 Å². The molecule has 5 heteroatoms. The summed E-state index contributed by atoms with van der Waals surface area (Å²) in [5.41, 5.74) is 2.86. The molecule has 1 N–H and O–H groups in total. The van der Waals surface area contributed by atoms with Gasteiger partial charge in [0.05, 0.1) is 5.69 Å². The fourth-order valence-corrected chi connectivity index (χ4v) is 3.67. The second-order valence-electron chi connectivity index (χ2n) is 6.45. The molecule has 1 atom stereocenters. The summed E-state index contributed by atoms with van der Waals surface area (Å²) in [7, 11) is 0. The van der Waals surface area contributed by atoms with Gasteiger partial charge in [0.2, 0.25) is 0 Å². The third-order valence-corrected chi connectivity index (χ3v) is 5.02. The molecule has 2 aromatic rings. The Morgan fingerprint density at radius 2 is 2.17 bits per heavy atom. The Labute approximate surface area is 141 Å². The van der Waals surface area contributed by atoms with Crippen molar-refractivity contribution in [2.75, 3.05) is 18.4 Å². The Balaban J connectivity index is 1.58. The van der Waals surface area contributed by atoms with Gasteiger partial charge >= 0.3 is 0 Å². The number of benzene rings is 1. The van der Waals surface area contributed by atoms with Crippen LogP contribution in [0.3, 0.4) is 0 Å². The van der Waals surface area contributed by atoms with Crippen LogP contribution in [-0.4, -0.2) is 28.9 Å². The van der Waals surface area contributed by atoms with Gasteiger partial charge in [-0.25, -0.2) is 4.98 Å². The molecule has 0 saturated carbocycles. The van der Waals surface area contributed by atoms with Crippen LogP contribution in [0.15, 0.2) is 29.6 Å². The van der Waals surface area contributed by atoms with E-state index in [-0.39, 0.29) is 5.91 Å². The fraction of sp³-hybridized carbons (Fsp3) is 0.444. The van der Waals surface area contributed by atoms with E-state index in [0.29, 0.717) is 10.7 Å². The zero-order valence-corrected chi connectivity index (χ0v) is 14.5. The van der Waals surface area contributed by atoms with Crippen LogP contribution in [-0.2, 0) is 6.54 Å². The van der Waals surface area contributed by atoms with Gasteiger partial charge in [0, 0.05) is 24.0 Å². The molecule has 122 valence electrons. The molecule has 1 aliphatic heterocycles. The van der Waals surface area contributed by atoms with Crippen molar-refractivity contribution >= 4 is 22.4 Å². The van der Waals surface area contributed by atoms with E-state index < -0.39 is 0 Å². The Morgan fingerprint density at radius 3 is 2.91 bits per heavy atom. The minimum Gasteiger partial charge on any atom is -0.298 e. The molecule has 1 fully saturated rings. The maximum absolute atomic E-state index is 12.2. The molecule has 23 heavy (non-hydrogen) atoms. The molecule has 1 aliphatic rings. The third-order valence-electron chi connectivity index (χ3n) is 4.21. The van der Waals surface area contributed by atoms with Crippen molar-refractivity contribution in [1.29, 1.82) is 0 Å². The molecular formula is C18H23N3OS. The van der Waals surface area contributed by atoms with Crippen LogP contribution in [0.1, 0.15) is 41.4 Å². The van der Waals surface area contributed by atoms with E-state index in [0.717, 1.165) is 36.8 Å². The number of carbonyl (C=O) groups is 1. The molecule has 1 amide bonds. The molecule has 1 aromatic carbocycles. The maximum atomic E-state index is 12.2. The fourth-order valence-electron chi connectivity index (χ4n) is 2.97. The summed E-state index contributed by atoms with van der Waals surface area (Å²) < 4.78 is 0. The van der Waals surface area contributed by atoms with E-state index in [4.69, 9.17) is 0 Å². The molecule has 0 bridgehead atoms. The number of nitrogens with zero attached hydrogens (tertiary/aromatic N) is 2. The van der Waals surface area contributed by atoms with Crippen molar-refractivity contribution < 1.29 is 4.79 Å². The number of nitrogens with one attached hydrogen (secondary N) is 1. The minimum absolute atomic E-state index is 0.0995. The molecule has 0 unspecified atom stereocenters. The Kier molecular flexibility index (Phi) is 5.08. The average Bonchev–Trinajstić information content (AvgIpc) is 2.95. The summed E-state index contributed by atoms with van der Waals surface area (Å²) in [6, 6.07) is 7.57. The number of thiazole rings is 1. The van der Waals surface area contributed by atoms with Gasteiger partial charge in [0.1, 0.15) is 0 Å². The highest BCUT2D eigenvalue weighted by atomic mass is 32.1. The lowest BCUT2D eigenvalue weighted by molar-refractivity contribution is 0.102. The lowest BCUT2D eigenvalue weighted by Crippen LogP contribution is -2.33. The van der Waals surface area contributed by atoms with Crippen LogP contribution in [0.2, 0.25) is 0 Å². The molecule has 0 aliphatic carbocycles. The number of piperidine rings is 1. The van der Waals surface area contributed by atoms with E-state index in [1.54, 1.807) is 0 Å². The second kappa shape index (κ2) is 7.23. The summed E-state index contributed by atoms with van der Waals surface area (Å²) in [5, 5.41) is 5.62. The van der Waals surface area contributed by atoms with Crippen LogP contribution in [0.25, 0.3) is 0 Å². The zero-order chi connectivity index (χ0) is 16.2. The van der Waals surface area contributed by atoms with E-state index in [2.05, 4.69) is 22.1 Å². The largest absolute Gasteiger partial charge is 0.298 e. The lowest BCUT2D eigenvalue weighted by Gasteiger charge is -2.30. The molecule has 2 heterocycles. The Hall–Kier alpha value is -1.72. The standard InChI is InChI=1S/C18H23N3OS/c1-13-5-7-15(8-6-13)17(22)20-18-19-16(12-23-18)11-21-9-3-4-14(2)10-21/h5-8,12,14H,3-4,9-11H2,1-2H3,(H,19,20,22)/t14-/m1/s1. The molecule has 3 rings (SSSR count). The van der Waals surface area contributed by atoms with Crippen LogP contribution >= 0.6 is 11.3 Å². The first kappa shape index (κ1) is 16.1. The monoisotopic (exact) mass is 329 g/mol. The summed E-state index contributed by atoms with van der Waals surface area (Å²) >= 11 is 1.50. The van der Waals surface area contributed by atoms with Gasteiger partial charge in [0.25, 0.3) is 5.91 Å². The highest BCUT2D eigenvalue weighted by Gasteiger charge is 2.17. The number of aromatic nitrogens is 1. The van der Waals surface area contributed by atoms with Crippen LogP contribution in [0, 0.1) is 12.8 Å². The van der Waals surface area contributed by atoms with Gasteiger partial charge in [-0.15, -0.1) is 11.3 Å². The summed E-state index contributed by atoms with van der Waals surface area (Å²) in [6.45, 7) is 7.48. The highest BCUT2D eigenvalue weighted by molar-refractivity contribution is 7.13. The van der Waals surface area contributed by atoms with Gasteiger partial charge in [-0.05, 0) is 44.4 Å². The predicted octanol–water partition coefficient (Wildman–Crippen LogP) is 3.94. The predicted molar refractivity (Wildman–Crippen MR) is 94.9 cm³/mol. The number of aryl methyl sites for hydroxylation is 1. The van der Waals surface area contributed by atoms with Gasteiger partial charge < -0.3 is 0 Å². The lowest BCUT2D eigenvalue weighted by atomic mass is 10.0. The first-order valence-corrected chi connectivity index (χ1v) is 9.03. The number of hydrogen-bond acceptors (Lipinski definition) is 4. The van der Waals surface area contributed by atoms with Crippen molar-refractivity contribution in [1.82, 2.24) is 9.88 Å². The maximum Gasteiger partial charge on any atom is 0.257 e. The molecule has 0 spiro atoms. The van der Waals surface area contributed by atoms with Gasteiger partial charge in [-0.1, -0.05) is 24.6 Å². The Bertz CT molecular complexity index is 665. The van der Waals surface area contributed by atoms with Gasteiger partial charge in [-0.2, -0.15) is 0 Å². The Morgan fingerprint density at radius 1 is 1.39 bits per heavy atom. The molecule has 1 saturated heterocycles. The summed E-state index contributed by atoms with van der Waals surface area (Å²) in [4.78, 5) is 19.2. The number of carbonyl (C=O) groups excluding carboxylic acids is 1. The van der Waals surface area contributed by atoms with E-state index in [9.17, 15) is 4.79 Å². The number of rotatable bonds is 4.